The van der Waals surface area contributed by atoms with E-state index < -0.39 is 15.6 Å². The largest absolute Gasteiger partial charge is 0.373 e. The van der Waals surface area contributed by atoms with Gasteiger partial charge >= 0.3 is 0 Å². The summed E-state index contributed by atoms with van der Waals surface area (Å²) in [6.07, 6.45) is 0. The first-order valence-electron chi connectivity index (χ1n) is 6.78. The number of nitrogens with zero attached hydrogens (tertiary/aromatic N) is 1. The van der Waals surface area contributed by atoms with E-state index in [9.17, 15) is 8.42 Å². The molecule has 0 spiro atoms. The van der Waals surface area contributed by atoms with Crippen LogP contribution in [0.2, 0.25) is 0 Å². The Labute approximate surface area is 126 Å². The smallest absolute Gasteiger partial charge is 0.243 e. The Kier molecular flexibility index (Phi) is 4.69. The molecule has 1 aromatic carbocycles. The van der Waals surface area contributed by atoms with Crippen LogP contribution in [0.15, 0.2) is 29.2 Å². The highest BCUT2D eigenvalue weighted by Gasteiger charge is 2.34. The van der Waals surface area contributed by atoms with E-state index in [1.54, 1.807) is 24.3 Å². The lowest BCUT2D eigenvalue weighted by molar-refractivity contribution is -0.0640. The van der Waals surface area contributed by atoms with Gasteiger partial charge in [-0.25, -0.2) is 8.42 Å². The number of rotatable bonds is 2. The monoisotopic (exact) mass is 308 g/mol. The number of benzene rings is 1. The summed E-state index contributed by atoms with van der Waals surface area (Å²) in [4.78, 5) is 0.254. The highest BCUT2D eigenvalue weighted by Crippen LogP contribution is 2.23. The fourth-order valence-electron chi connectivity index (χ4n) is 2.21. The molecule has 0 atom stereocenters. The quantitative estimate of drug-likeness (QED) is 0.820. The average molecular weight is 308 g/mol. The van der Waals surface area contributed by atoms with Gasteiger partial charge in [-0.15, -0.1) is 0 Å². The third-order valence-electron chi connectivity index (χ3n) is 3.20. The van der Waals surface area contributed by atoms with Gasteiger partial charge in [0, 0.05) is 18.7 Å². The van der Waals surface area contributed by atoms with Crippen LogP contribution in [0.25, 0.3) is 0 Å². The zero-order valence-corrected chi connectivity index (χ0v) is 13.1. The number of sulfonamides is 1. The van der Waals surface area contributed by atoms with Gasteiger partial charge in [0.1, 0.15) is 0 Å². The molecule has 0 amide bonds. The van der Waals surface area contributed by atoms with Crippen molar-refractivity contribution in [3.8, 4) is 11.8 Å². The Morgan fingerprint density at radius 2 is 2.19 bits per heavy atom. The molecule has 114 valence electrons. The molecule has 6 heteroatoms. The maximum absolute atomic E-state index is 12.7. The van der Waals surface area contributed by atoms with E-state index in [1.165, 1.54) is 4.31 Å². The van der Waals surface area contributed by atoms with Gasteiger partial charge in [-0.3, -0.25) is 0 Å². The first-order valence-corrected chi connectivity index (χ1v) is 8.22. The molecule has 1 saturated heterocycles. The summed E-state index contributed by atoms with van der Waals surface area (Å²) in [5.41, 5.74) is 5.51. The Morgan fingerprint density at radius 3 is 2.86 bits per heavy atom. The van der Waals surface area contributed by atoms with Crippen LogP contribution in [0.4, 0.5) is 0 Å². The van der Waals surface area contributed by atoms with Crippen LogP contribution >= 0.6 is 0 Å². The summed E-state index contributed by atoms with van der Waals surface area (Å²) in [6, 6.07) is 6.63. The molecule has 0 saturated carbocycles. The highest BCUT2D eigenvalue weighted by atomic mass is 32.2. The Balaban J connectivity index is 2.31. The molecule has 0 aliphatic carbocycles. The number of hydrogen-bond donors (Lipinski definition) is 1. The van der Waals surface area contributed by atoms with Crippen molar-refractivity contribution in [3.63, 3.8) is 0 Å². The second-order valence-corrected chi connectivity index (χ2v) is 7.42. The lowest BCUT2D eigenvalue weighted by atomic mass is 10.1. The molecule has 2 rings (SSSR count). The molecule has 1 heterocycles. The zero-order chi connectivity index (χ0) is 15.5. The highest BCUT2D eigenvalue weighted by molar-refractivity contribution is 7.89. The Hall–Kier alpha value is -1.39. The zero-order valence-electron chi connectivity index (χ0n) is 12.3. The van der Waals surface area contributed by atoms with Crippen LogP contribution in [0, 0.1) is 11.8 Å². The molecule has 1 aliphatic heterocycles. The molecule has 0 bridgehead atoms. The normalized spacial score (nSPS) is 18.8. The van der Waals surface area contributed by atoms with E-state index in [-0.39, 0.29) is 11.4 Å². The standard InChI is InChI=1S/C15H20N2O3S/c1-15(2)12-17(9-10-20-15)21(18,19)14-7-3-5-13(11-14)6-4-8-16/h3,5,7,11H,8-10,12,16H2,1-2H3. The van der Waals surface area contributed by atoms with E-state index in [4.69, 9.17) is 10.5 Å². The molecule has 1 aliphatic rings. The third kappa shape index (κ3) is 3.83. The van der Waals surface area contributed by atoms with Crippen molar-refractivity contribution >= 4 is 10.0 Å². The van der Waals surface area contributed by atoms with E-state index >= 15 is 0 Å². The van der Waals surface area contributed by atoms with Gasteiger partial charge in [0.25, 0.3) is 0 Å². The molecule has 2 N–H and O–H groups in total. The predicted octanol–water partition coefficient (Wildman–Crippen LogP) is 0.796. The van der Waals surface area contributed by atoms with Gasteiger partial charge in [-0.1, -0.05) is 17.9 Å². The van der Waals surface area contributed by atoms with Gasteiger partial charge in [-0.2, -0.15) is 4.31 Å². The van der Waals surface area contributed by atoms with Crippen LogP contribution in [0.1, 0.15) is 19.4 Å². The lowest BCUT2D eigenvalue weighted by Gasteiger charge is -2.37. The minimum Gasteiger partial charge on any atom is -0.373 e. The number of ether oxygens (including phenoxy) is 1. The average Bonchev–Trinajstić information content (AvgIpc) is 2.44. The predicted molar refractivity (Wildman–Crippen MR) is 81.2 cm³/mol. The second kappa shape index (κ2) is 6.16. The molecule has 0 radical (unpaired) electrons. The van der Waals surface area contributed by atoms with Gasteiger partial charge in [0.15, 0.2) is 0 Å². The summed E-state index contributed by atoms with van der Waals surface area (Å²) in [5, 5.41) is 0. The molecule has 0 aromatic heterocycles. The Morgan fingerprint density at radius 1 is 1.43 bits per heavy atom. The summed E-state index contributed by atoms with van der Waals surface area (Å²) < 4.78 is 32.4. The number of nitrogens with two attached hydrogens (primary N) is 1. The lowest BCUT2D eigenvalue weighted by Crippen LogP contribution is -2.50. The van der Waals surface area contributed by atoms with Crippen LogP contribution in [-0.2, 0) is 14.8 Å². The van der Waals surface area contributed by atoms with Crippen molar-refractivity contribution < 1.29 is 13.2 Å². The summed E-state index contributed by atoms with van der Waals surface area (Å²) in [7, 11) is -3.53. The van der Waals surface area contributed by atoms with Gasteiger partial charge < -0.3 is 10.5 Å². The Bertz CT molecular complexity index is 672. The summed E-state index contributed by atoms with van der Waals surface area (Å²) in [5.74, 6) is 5.58. The second-order valence-electron chi connectivity index (χ2n) is 5.48. The van der Waals surface area contributed by atoms with Gasteiger partial charge in [-0.05, 0) is 32.0 Å². The van der Waals surface area contributed by atoms with Crippen molar-refractivity contribution in [1.82, 2.24) is 4.31 Å². The number of morpholine rings is 1. The fourth-order valence-corrected chi connectivity index (χ4v) is 3.84. The summed E-state index contributed by atoms with van der Waals surface area (Å²) >= 11 is 0. The van der Waals surface area contributed by atoms with Crippen LogP contribution in [0.3, 0.4) is 0 Å². The number of hydrogen-bond acceptors (Lipinski definition) is 4. The SMILES string of the molecule is CC1(C)CN(S(=O)(=O)c2cccc(C#CCN)c2)CCO1. The molecule has 0 unspecified atom stereocenters. The minimum absolute atomic E-state index is 0.245. The molecular formula is C15H20N2O3S. The van der Waals surface area contributed by atoms with Gasteiger partial charge in [0.2, 0.25) is 10.0 Å². The first-order chi connectivity index (χ1) is 9.85. The van der Waals surface area contributed by atoms with Crippen molar-refractivity contribution in [1.29, 1.82) is 0 Å². The van der Waals surface area contributed by atoms with Crippen molar-refractivity contribution in [2.45, 2.75) is 24.3 Å². The topological polar surface area (TPSA) is 72.6 Å². The van der Waals surface area contributed by atoms with Crippen molar-refractivity contribution in [2.24, 2.45) is 5.73 Å². The van der Waals surface area contributed by atoms with E-state index in [1.807, 2.05) is 13.8 Å². The third-order valence-corrected chi connectivity index (χ3v) is 5.04. The van der Waals surface area contributed by atoms with Crippen molar-refractivity contribution in [3.05, 3.63) is 29.8 Å². The van der Waals surface area contributed by atoms with Crippen molar-refractivity contribution in [2.75, 3.05) is 26.2 Å². The van der Waals surface area contributed by atoms with E-state index in [2.05, 4.69) is 11.8 Å². The van der Waals surface area contributed by atoms with Gasteiger partial charge in [0.05, 0.1) is 23.6 Å². The molecule has 21 heavy (non-hydrogen) atoms. The first kappa shape index (κ1) is 16.0. The maximum atomic E-state index is 12.7. The molecule has 1 aromatic rings. The van der Waals surface area contributed by atoms with Crippen LogP contribution < -0.4 is 5.73 Å². The van der Waals surface area contributed by atoms with Crippen LogP contribution in [0.5, 0.6) is 0 Å². The molecular weight excluding hydrogens is 288 g/mol. The fraction of sp³-hybridized carbons (Fsp3) is 0.467. The van der Waals surface area contributed by atoms with E-state index in [0.29, 0.717) is 25.3 Å². The minimum atomic E-state index is -3.53. The maximum Gasteiger partial charge on any atom is 0.243 e. The van der Waals surface area contributed by atoms with E-state index in [0.717, 1.165) is 0 Å². The molecule has 1 fully saturated rings. The summed E-state index contributed by atoms with van der Waals surface area (Å²) in [6.45, 7) is 5.13. The van der Waals surface area contributed by atoms with Crippen LogP contribution in [-0.4, -0.2) is 44.6 Å². The molecule has 5 nitrogen and oxygen atoms in total.